The summed E-state index contributed by atoms with van der Waals surface area (Å²) in [5, 5.41) is 21.6. The number of unbranched alkanes of at least 4 members (excludes halogenated alkanes) is 6. The van der Waals surface area contributed by atoms with Crippen LogP contribution in [0, 0.1) is 13.8 Å². The van der Waals surface area contributed by atoms with Crippen LogP contribution in [0.2, 0.25) is 0 Å². The van der Waals surface area contributed by atoms with Crippen LogP contribution in [0.15, 0.2) is 134 Å². The van der Waals surface area contributed by atoms with E-state index < -0.39 is 0 Å². The molecule has 0 bridgehead atoms. The minimum atomic E-state index is 0. The number of hydrogen-bond acceptors (Lipinski definition) is 12. The van der Waals surface area contributed by atoms with E-state index in [0.29, 0.717) is 35.8 Å². The molecule has 0 aliphatic heterocycles. The summed E-state index contributed by atoms with van der Waals surface area (Å²) in [6.45, 7) is 9.10. The zero-order valence-corrected chi connectivity index (χ0v) is 44.7. The molecule has 0 saturated heterocycles. The molecular formula is C58H56N8O4RuS2. The van der Waals surface area contributed by atoms with Crippen molar-refractivity contribution in [1.29, 1.82) is 0 Å². The molecule has 8 heterocycles. The molecule has 12 nitrogen and oxygen atoms in total. The van der Waals surface area contributed by atoms with E-state index in [1.54, 1.807) is 24.3 Å². The molecule has 8 aromatic heterocycles. The van der Waals surface area contributed by atoms with Gasteiger partial charge in [-0.15, -0.1) is 22.7 Å². The standard InChI is InChI=1S/2C23H24N3S.C12H8N2O4.Ru/c2*1-3-4-5-6-8-17-11-12-22(27-17)19-9-7-10-20-18(19)13-14-24-23(20)21-15-16(2)25-26-21;15-7-17-9-1-3-13-11(5-9)12-6-10(18-8-16)2-4-14-12;/h2*7,9-15H,3-6,8H2,1-2H3;1-8H;/q2*-1;;+2. The van der Waals surface area contributed by atoms with E-state index in [4.69, 9.17) is 9.47 Å². The van der Waals surface area contributed by atoms with E-state index in [9.17, 15) is 9.59 Å². The van der Waals surface area contributed by atoms with Gasteiger partial charge in [0.15, 0.2) is 0 Å². The second-order valence-corrected chi connectivity index (χ2v) is 19.5. The summed E-state index contributed by atoms with van der Waals surface area (Å²) in [4.78, 5) is 43.5. The third kappa shape index (κ3) is 14.1. The minimum absolute atomic E-state index is 0. The zero-order chi connectivity index (χ0) is 50.1. The summed E-state index contributed by atoms with van der Waals surface area (Å²) in [5.41, 5.74) is 8.91. The molecule has 372 valence electrons. The fraction of sp³-hybridized carbons (Fsp3) is 0.241. The topological polar surface area (TPSA) is 158 Å². The van der Waals surface area contributed by atoms with Crippen LogP contribution in [0.3, 0.4) is 0 Å². The first kappa shape index (κ1) is 53.7. The smallest absolute Gasteiger partial charge is 0.573 e. The molecular weight excluding hydrogens is 1040 g/mol. The van der Waals surface area contributed by atoms with Crippen molar-refractivity contribution in [3.63, 3.8) is 0 Å². The Morgan fingerprint density at radius 3 is 1.33 bits per heavy atom. The number of pyridine rings is 4. The predicted octanol–water partition coefficient (Wildman–Crippen LogP) is 14.0. The monoisotopic (exact) mass is 1090 g/mol. The fourth-order valence-electron chi connectivity index (χ4n) is 8.39. The molecule has 0 aliphatic rings. The number of thiophene rings is 2. The van der Waals surface area contributed by atoms with Crippen molar-refractivity contribution in [2.24, 2.45) is 0 Å². The van der Waals surface area contributed by atoms with Gasteiger partial charge in [-0.25, -0.2) is 0 Å². The number of rotatable bonds is 19. The summed E-state index contributed by atoms with van der Waals surface area (Å²) in [6.07, 6.45) is 19.6. The Kier molecular flexibility index (Phi) is 20.0. The molecule has 2 aromatic carbocycles. The van der Waals surface area contributed by atoms with Gasteiger partial charge in [0.2, 0.25) is 0 Å². The van der Waals surface area contributed by atoms with Gasteiger partial charge in [0, 0.05) is 78.6 Å². The molecule has 73 heavy (non-hydrogen) atoms. The molecule has 0 aliphatic carbocycles. The maximum Gasteiger partial charge on any atom is 2.00 e. The summed E-state index contributed by atoms with van der Waals surface area (Å²) in [6, 6.07) is 36.4. The van der Waals surface area contributed by atoms with Crippen LogP contribution in [0.4, 0.5) is 0 Å². The first-order valence-electron chi connectivity index (χ1n) is 24.4. The fourth-order valence-corrected chi connectivity index (χ4v) is 10.6. The molecule has 0 N–H and O–H groups in total. The molecule has 10 rings (SSSR count). The van der Waals surface area contributed by atoms with Crippen LogP contribution in [0.25, 0.3) is 76.6 Å². The van der Waals surface area contributed by atoms with Gasteiger partial charge < -0.3 is 29.9 Å². The Labute approximate surface area is 446 Å². The van der Waals surface area contributed by atoms with Crippen LogP contribution < -0.4 is 19.7 Å². The van der Waals surface area contributed by atoms with Crippen molar-refractivity contribution in [1.82, 2.24) is 40.3 Å². The molecule has 10 aromatic rings. The molecule has 15 heteroatoms. The average Bonchev–Trinajstić information content (AvgIpc) is 4.26. The van der Waals surface area contributed by atoms with Crippen molar-refractivity contribution < 1.29 is 38.5 Å². The van der Waals surface area contributed by atoms with Gasteiger partial charge in [-0.3, -0.25) is 29.5 Å². The van der Waals surface area contributed by atoms with Crippen LogP contribution in [-0.4, -0.2) is 43.1 Å². The third-order valence-corrected chi connectivity index (χ3v) is 14.3. The van der Waals surface area contributed by atoms with Crippen LogP contribution in [0.1, 0.15) is 86.4 Å². The molecule has 0 saturated carbocycles. The Morgan fingerprint density at radius 2 is 0.932 bits per heavy atom. The van der Waals surface area contributed by atoms with Crippen molar-refractivity contribution >= 4 is 57.2 Å². The summed E-state index contributed by atoms with van der Waals surface area (Å²) in [7, 11) is 0. The first-order chi connectivity index (χ1) is 35.3. The van der Waals surface area contributed by atoms with E-state index in [1.807, 2.05) is 61.0 Å². The SMILES string of the molecule is CCCCCCc1ccc(-c2cccc3c(-c4cc(C)n[n-]4)nccc23)s1.CCCCCCc1ccc(-c2cccc3c(-c4cc(C)n[n-]4)nccc23)s1.O=COc1ccnc(-c2cc(OC=O)ccn2)c1.[Ru+2]. The number of benzene rings is 2. The normalized spacial score (nSPS) is 10.7. The summed E-state index contributed by atoms with van der Waals surface area (Å²) in [5.74, 6) is 0.719. The van der Waals surface area contributed by atoms with Crippen molar-refractivity contribution in [2.75, 3.05) is 0 Å². The number of fused-ring (bicyclic) bond motifs is 2. The number of aromatic nitrogens is 8. The number of carbonyl (C=O) groups excluding carboxylic acids is 2. The quantitative estimate of drug-likeness (QED) is 0.0429. The largest absolute Gasteiger partial charge is 2.00 e. The van der Waals surface area contributed by atoms with Crippen molar-refractivity contribution in [3.05, 3.63) is 155 Å². The first-order valence-corrected chi connectivity index (χ1v) is 26.0. The molecule has 0 fully saturated rings. The predicted molar refractivity (Wildman–Crippen MR) is 289 cm³/mol. The van der Waals surface area contributed by atoms with Crippen LogP contribution in [-0.2, 0) is 41.9 Å². The van der Waals surface area contributed by atoms with E-state index in [0.717, 1.165) is 44.9 Å². The minimum Gasteiger partial charge on any atom is -0.573 e. The van der Waals surface area contributed by atoms with E-state index in [1.165, 1.54) is 118 Å². The number of aryl methyl sites for hydroxylation is 4. The molecule has 0 amide bonds. The molecule has 0 spiro atoms. The number of ether oxygens (including phenoxy) is 2. The molecule has 0 atom stereocenters. The third-order valence-electron chi connectivity index (χ3n) is 11.9. The average molecular weight is 1090 g/mol. The second-order valence-electron chi connectivity index (χ2n) is 17.2. The van der Waals surface area contributed by atoms with Gasteiger partial charge in [-0.2, -0.15) is 0 Å². The molecule has 0 radical (unpaired) electrons. The Balaban J connectivity index is 0.000000163. The Morgan fingerprint density at radius 1 is 0.493 bits per heavy atom. The van der Waals surface area contributed by atoms with Crippen molar-refractivity contribution in [2.45, 2.75) is 91.9 Å². The van der Waals surface area contributed by atoms with Gasteiger partial charge in [0.25, 0.3) is 12.9 Å². The number of carbonyl (C=O) groups is 2. The molecule has 0 unspecified atom stereocenters. The van der Waals surface area contributed by atoms with E-state index in [-0.39, 0.29) is 19.5 Å². The van der Waals surface area contributed by atoms with Gasteiger partial charge >= 0.3 is 19.5 Å². The second kappa shape index (κ2) is 27.1. The summed E-state index contributed by atoms with van der Waals surface area (Å²) >= 11 is 3.83. The maximum atomic E-state index is 10.2. The maximum absolute atomic E-state index is 10.2. The van der Waals surface area contributed by atoms with Gasteiger partial charge in [-0.05, 0) is 110 Å². The van der Waals surface area contributed by atoms with Gasteiger partial charge in [-0.1, -0.05) is 112 Å². The van der Waals surface area contributed by atoms with E-state index >= 15 is 0 Å². The number of nitrogens with zero attached hydrogens (tertiary/aromatic N) is 8. The van der Waals surface area contributed by atoms with Crippen LogP contribution in [0.5, 0.6) is 11.5 Å². The number of hydrogen-bond donors (Lipinski definition) is 0. The summed E-state index contributed by atoms with van der Waals surface area (Å²) < 4.78 is 9.42. The zero-order valence-electron chi connectivity index (χ0n) is 41.3. The Hall–Kier alpha value is -7.06. The van der Waals surface area contributed by atoms with E-state index in [2.05, 4.69) is 127 Å². The van der Waals surface area contributed by atoms with Crippen molar-refractivity contribution in [3.8, 4) is 66.5 Å². The van der Waals surface area contributed by atoms with Gasteiger partial charge in [0.05, 0.1) is 22.8 Å². The van der Waals surface area contributed by atoms with Gasteiger partial charge in [0.1, 0.15) is 11.5 Å². The van der Waals surface area contributed by atoms with Crippen LogP contribution >= 0.6 is 22.7 Å². The Bertz CT molecular complexity index is 3140.